The SMILES string of the molecule is O=C1CCC(c2ccc(OCc3ccccc3)cc2)=NN1. The molecule has 2 aromatic carbocycles. The minimum Gasteiger partial charge on any atom is -0.489 e. The van der Waals surface area contributed by atoms with Crippen molar-refractivity contribution in [1.29, 1.82) is 0 Å². The zero-order valence-corrected chi connectivity index (χ0v) is 11.6. The molecular weight excluding hydrogens is 264 g/mol. The van der Waals surface area contributed by atoms with E-state index in [1.165, 1.54) is 0 Å². The number of benzene rings is 2. The molecule has 21 heavy (non-hydrogen) atoms. The average molecular weight is 280 g/mol. The summed E-state index contributed by atoms with van der Waals surface area (Å²) in [7, 11) is 0. The highest BCUT2D eigenvalue weighted by Gasteiger charge is 2.12. The molecule has 0 fully saturated rings. The molecular formula is C17H16N2O2. The first-order valence-corrected chi connectivity index (χ1v) is 6.94. The maximum Gasteiger partial charge on any atom is 0.240 e. The second-order valence-corrected chi connectivity index (χ2v) is 4.89. The third-order valence-electron chi connectivity index (χ3n) is 3.34. The molecule has 0 aliphatic carbocycles. The topological polar surface area (TPSA) is 50.7 Å². The van der Waals surface area contributed by atoms with Crippen molar-refractivity contribution in [3.8, 4) is 5.75 Å². The van der Waals surface area contributed by atoms with E-state index in [1.807, 2.05) is 54.6 Å². The van der Waals surface area contributed by atoms with Gasteiger partial charge >= 0.3 is 0 Å². The molecule has 1 aliphatic rings. The summed E-state index contributed by atoms with van der Waals surface area (Å²) in [5.41, 5.74) is 5.57. The third-order valence-corrected chi connectivity index (χ3v) is 3.34. The summed E-state index contributed by atoms with van der Waals surface area (Å²) < 4.78 is 5.74. The van der Waals surface area contributed by atoms with Gasteiger partial charge in [0.2, 0.25) is 5.91 Å². The highest BCUT2D eigenvalue weighted by Crippen LogP contribution is 2.17. The Morgan fingerprint density at radius 1 is 1.00 bits per heavy atom. The maximum atomic E-state index is 11.1. The fraction of sp³-hybridized carbons (Fsp3) is 0.176. The second-order valence-electron chi connectivity index (χ2n) is 4.89. The summed E-state index contributed by atoms with van der Waals surface area (Å²) in [6.07, 6.45) is 1.17. The first kappa shape index (κ1) is 13.4. The predicted octanol–water partition coefficient (Wildman–Crippen LogP) is 2.88. The first-order valence-electron chi connectivity index (χ1n) is 6.94. The van der Waals surface area contributed by atoms with Crippen LogP contribution in [0.5, 0.6) is 5.75 Å². The minimum atomic E-state index is -0.0263. The van der Waals surface area contributed by atoms with Crippen molar-refractivity contribution >= 4 is 11.6 Å². The van der Waals surface area contributed by atoms with Crippen LogP contribution in [0, 0.1) is 0 Å². The normalized spacial score (nSPS) is 14.3. The molecule has 0 unspecified atom stereocenters. The van der Waals surface area contributed by atoms with Crippen LogP contribution in [0.3, 0.4) is 0 Å². The number of hydrogen-bond acceptors (Lipinski definition) is 3. The van der Waals surface area contributed by atoms with Gasteiger partial charge in [0.1, 0.15) is 12.4 Å². The summed E-state index contributed by atoms with van der Waals surface area (Å²) >= 11 is 0. The summed E-state index contributed by atoms with van der Waals surface area (Å²) in [6.45, 7) is 0.553. The Morgan fingerprint density at radius 3 is 2.43 bits per heavy atom. The van der Waals surface area contributed by atoms with E-state index in [0.717, 1.165) is 22.6 Å². The van der Waals surface area contributed by atoms with E-state index in [1.54, 1.807) is 0 Å². The third kappa shape index (κ3) is 3.48. The van der Waals surface area contributed by atoms with Crippen LogP contribution in [0.1, 0.15) is 24.0 Å². The van der Waals surface area contributed by atoms with E-state index in [4.69, 9.17) is 4.74 Å². The molecule has 1 amide bonds. The van der Waals surface area contributed by atoms with E-state index in [9.17, 15) is 4.79 Å². The van der Waals surface area contributed by atoms with Crippen LogP contribution in [0.4, 0.5) is 0 Å². The van der Waals surface area contributed by atoms with Crippen molar-refractivity contribution in [2.24, 2.45) is 5.10 Å². The number of rotatable bonds is 4. The van der Waals surface area contributed by atoms with Gasteiger partial charge in [0.15, 0.2) is 0 Å². The summed E-state index contributed by atoms with van der Waals surface area (Å²) in [4.78, 5) is 11.1. The van der Waals surface area contributed by atoms with Crippen molar-refractivity contribution in [2.75, 3.05) is 0 Å². The van der Waals surface area contributed by atoms with Crippen LogP contribution < -0.4 is 10.2 Å². The molecule has 4 nitrogen and oxygen atoms in total. The molecule has 0 aromatic heterocycles. The molecule has 0 saturated carbocycles. The number of amides is 1. The van der Waals surface area contributed by atoms with Crippen LogP contribution in [-0.2, 0) is 11.4 Å². The smallest absolute Gasteiger partial charge is 0.240 e. The van der Waals surface area contributed by atoms with E-state index in [-0.39, 0.29) is 5.91 Å². The molecule has 0 atom stereocenters. The standard InChI is InChI=1S/C17H16N2O2/c20-17-11-10-16(18-19-17)14-6-8-15(9-7-14)21-12-13-4-2-1-3-5-13/h1-9H,10-12H2,(H,19,20). The van der Waals surface area contributed by atoms with Crippen molar-refractivity contribution in [2.45, 2.75) is 19.4 Å². The Bertz CT molecular complexity index is 648. The monoisotopic (exact) mass is 280 g/mol. The number of nitrogens with one attached hydrogen (secondary N) is 1. The van der Waals surface area contributed by atoms with Gasteiger partial charge in [-0.2, -0.15) is 5.10 Å². The molecule has 0 bridgehead atoms. The molecule has 3 rings (SSSR count). The highest BCUT2D eigenvalue weighted by atomic mass is 16.5. The Balaban J connectivity index is 1.63. The van der Waals surface area contributed by atoms with Crippen LogP contribution in [0.2, 0.25) is 0 Å². The van der Waals surface area contributed by atoms with Crippen molar-refractivity contribution in [3.63, 3.8) is 0 Å². The summed E-state index contributed by atoms with van der Waals surface area (Å²) in [5.74, 6) is 0.796. The first-order chi connectivity index (χ1) is 10.3. The molecule has 106 valence electrons. The van der Waals surface area contributed by atoms with Gasteiger partial charge in [0.25, 0.3) is 0 Å². The molecule has 1 aliphatic heterocycles. The summed E-state index contributed by atoms with van der Waals surface area (Å²) in [5, 5.41) is 4.08. The van der Waals surface area contributed by atoms with Crippen LogP contribution in [-0.4, -0.2) is 11.6 Å². The molecule has 1 N–H and O–H groups in total. The highest BCUT2D eigenvalue weighted by molar-refractivity contribution is 6.04. The fourth-order valence-corrected chi connectivity index (χ4v) is 2.17. The number of nitrogens with zero attached hydrogens (tertiary/aromatic N) is 1. The van der Waals surface area contributed by atoms with Gasteiger partial charge in [0.05, 0.1) is 5.71 Å². The van der Waals surface area contributed by atoms with Crippen LogP contribution >= 0.6 is 0 Å². The second kappa shape index (κ2) is 6.22. The Labute approximate surface area is 123 Å². The summed E-state index contributed by atoms with van der Waals surface area (Å²) in [6, 6.07) is 17.8. The van der Waals surface area contributed by atoms with Crippen molar-refractivity contribution < 1.29 is 9.53 Å². The van der Waals surface area contributed by atoms with Crippen LogP contribution in [0.25, 0.3) is 0 Å². The average Bonchev–Trinajstić information content (AvgIpc) is 2.55. The Hall–Kier alpha value is -2.62. The van der Waals surface area contributed by atoms with E-state index < -0.39 is 0 Å². The fourth-order valence-electron chi connectivity index (χ4n) is 2.17. The number of hydrazone groups is 1. The zero-order chi connectivity index (χ0) is 14.5. The van der Waals surface area contributed by atoms with E-state index in [2.05, 4.69) is 10.5 Å². The van der Waals surface area contributed by atoms with Crippen molar-refractivity contribution in [3.05, 3.63) is 65.7 Å². The molecule has 0 spiro atoms. The van der Waals surface area contributed by atoms with Crippen molar-refractivity contribution in [1.82, 2.24) is 5.43 Å². The maximum absolute atomic E-state index is 11.1. The number of carbonyl (C=O) groups is 1. The Kier molecular flexibility index (Phi) is 3.96. The van der Waals surface area contributed by atoms with Gasteiger partial charge < -0.3 is 4.74 Å². The van der Waals surface area contributed by atoms with Crippen LogP contribution in [0.15, 0.2) is 59.7 Å². The largest absolute Gasteiger partial charge is 0.489 e. The molecule has 0 radical (unpaired) electrons. The molecule has 0 saturated heterocycles. The lowest BCUT2D eigenvalue weighted by molar-refractivity contribution is -0.121. The lowest BCUT2D eigenvalue weighted by Crippen LogP contribution is -2.25. The van der Waals surface area contributed by atoms with E-state index in [0.29, 0.717) is 19.4 Å². The quantitative estimate of drug-likeness (QED) is 0.936. The zero-order valence-electron chi connectivity index (χ0n) is 11.6. The van der Waals surface area contributed by atoms with Gasteiger partial charge in [-0.3, -0.25) is 4.79 Å². The van der Waals surface area contributed by atoms with Gasteiger partial charge in [-0.05, 0) is 35.4 Å². The van der Waals surface area contributed by atoms with Gasteiger partial charge in [0, 0.05) is 12.8 Å². The molecule has 1 heterocycles. The number of ether oxygens (including phenoxy) is 1. The minimum absolute atomic E-state index is 0.0263. The van der Waals surface area contributed by atoms with Gasteiger partial charge in [-0.15, -0.1) is 0 Å². The predicted molar refractivity (Wildman–Crippen MR) is 81.1 cm³/mol. The lowest BCUT2D eigenvalue weighted by atomic mass is 10.0. The number of carbonyl (C=O) groups excluding carboxylic acids is 1. The lowest BCUT2D eigenvalue weighted by Gasteiger charge is -2.12. The number of hydrogen-bond donors (Lipinski definition) is 1. The van der Waals surface area contributed by atoms with Gasteiger partial charge in [-0.1, -0.05) is 30.3 Å². The Morgan fingerprint density at radius 2 is 1.76 bits per heavy atom. The van der Waals surface area contributed by atoms with Gasteiger partial charge in [-0.25, -0.2) is 5.43 Å². The molecule has 4 heteroatoms. The van der Waals surface area contributed by atoms with E-state index >= 15 is 0 Å². The molecule has 2 aromatic rings.